The van der Waals surface area contributed by atoms with Crippen molar-refractivity contribution in [1.29, 1.82) is 0 Å². The molecule has 0 aliphatic rings. The number of benzene rings is 3. The van der Waals surface area contributed by atoms with Crippen LogP contribution in [-0.2, 0) is 0 Å². The van der Waals surface area contributed by atoms with Gasteiger partial charge in [-0.1, -0.05) is 107 Å². The molecule has 0 heterocycles. The van der Waals surface area contributed by atoms with Crippen molar-refractivity contribution in [2.45, 2.75) is 27.7 Å². The molecule has 0 heteroatoms. The monoisotopic (exact) mass is 290 g/mol. The van der Waals surface area contributed by atoms with Crippen molar-refractivity contribution in [3.63, 3.8) is 0 Å². The molecule has 0 unspecified atom stereocenters. The molecule has 0 saturated heterocycles. The van der Waals surface area contributed by atoms with Gasteiger partial charge in [0, 0.05) is 0 Å². The van der Waals surface area contributed by atoms with E-state index in [4.69, 9.17) is 0 Å². The van der Waals surface area contributed by atoms with Crippen molar-refractivity contribution in [3.05, 3.63) is 107 Å². The molecule has 0 radical (unpaired) electrons. The van der Waals surface area contributed by atoms with E-state index >= 15 is 0 Å². The quantitative estimate of drug-likeness (QED) is 0.456. The summed E-state index contributed by atoms with van der Waals surface area (Å²) in [7, 11) is 0. The molecule has 0 nitrogen and oxygen atoms in total. The summed E-state index contributed by atoms with van der Waals surface area (Å²) in [5, 5.41) is 0. The maximum absolute atomic E-state index is 2.17. The van der Waals surface area contributed by atoms with E-state index in [1.54, 1.807) is 0 Å². The standard InChI is InChI=1S/2C8H10.C6H6/c1-7-3-5-8(2)6-4-7;1-7-4-3-5-8(2)6-7;1-2-4-6-5-3-1/h2*3-6H,1-2H3;1-6H. The number of hydrogen-bond donors (Lipinski definition) is 0. The Morgan fingerprint density at radius 3 is 0.909 bits per heavy atom. The summed E-state index contributed by atoms with van der Waals surface area (Å²) in [6.45, 7) is 8.40. The van der Waals surface area contributed by atoms with Crippen LogP contribution in [0.15, 0.2) is 84.9 Å². The minimum absolute atomic E-state index is 1.33. The average molecular weight is 290 g/mol. The Kier molecular flexibility index (Phi) is 8.37. The molecule has 0 aliphatic carbocycles. The topological polar surface area (TPSA) is 0 Å². The smallest absolute Gasteiger partial charge is 0.0398 e. The van der Waals surface area contributed by atoms with Crippen LogP contribution >= 0.6 is 0 Å². The largest absolute Gasteiger partial charge is 0.0623 e. The Bertz CT molecular complexity index is 557. The molecule has 3 aromatic carbocycles. The zero-order valence-electron chi connectivity index (χ0n) is 14.1. The third-order valence-corrected chi connectivity index (χ3v) is 3.06. The van der Waals surface area contributed by atoms with E-state index in [0.717, 1.165) is 0 Å². The van der Waals surface area contributed by atoms with Gasteiger partial charge in [0.15, 0.2) is 0 Å². The van der Waals surface area contributed by atoms with E-state index in [-0.39, 0.29) is 0 Å². The summed E-state index contributed by atoms with van der Waals surface area (Å²) in [5.41, 5.74) is 5.33. The first kappa shape index (κ1) is 17.7. The Morgan fingerprint density at radius 2 is 0.682 bits per heavy atom. The fourth-order valence-corrected chi connectivity index (χ4v) is 1.83. The molecule has 114 valence electrons. The van der Waals surface area contributed by atoms with Gasteiger partial charge in [-0.25, -0.2) is 0 Å². The van der Waals surface area contributed by atoms with Crippen molar-refractivity contribution in [1.82, 2.24) is 0 Å². The zero-order chi connectivity index (χ0) is 16.2. The maximum atomic E-state index is 2.17. The summed E-state index contributed by atoms with van der Waals surface area (Å²) < 4.78 is 0. The van der Waals surface area contributed by atoms with Crippen LogP contribution in [0.4, 0.5) is 0 Å². The average Bonchev–Trinajstić information content (AvgIpc) is 2.53. The van der Waals surface area contributed by atoms with E-state index in [1.165, 1.54) is 22.3 Å². The van der Waals surface area contributed by atoms with Crippen molar-refractivity contribution >= 4 is 0 Å². The highest BCUT2D eigenvalue weighted by molar-refractivity contribution is 5.20. The Labute approximate surface area is 135 Å². The predicted molar refractivity (Wildman–Crippen MR) is 98.3 cm³/mol. The van der Waals surface area contributed by atoms with Crippen LogP contribution in [0.1, 0.15) is 22.3 Å². The van der Waals surface area contributed by atoms with Crippen LogP contribution in [0.5, 0.6) is 0 Å². The minimum atomic E-state index is 1.33. The fourth-order valence-electron chi connectivity index (χ4n) is 1.83. The predicted octanol–water partition coefficient (Wildman–Crippen LogP) is 6.29. The first-order chi connectivity index (χ1) is 10.6. The van der Waals surface area contributed by atoms with Crippen molar-refractivity contribution in [3.8, 4) is 0 Å². The molecular weight excluding hydrogens is 264 g/mol. The molecule has 0 aliphatic heterocycles. The van der Waals surface area contributed by atoms with Crippen molar-refractivity contribution < 1.29 is 0 Å². The first-order valence-electron chi connectivity index (χ1n) is 7.64. The Hall–Kier alpha value is -2.34. The van der Waals surface area contributed by atoms with Crippen LogP contribution in [0.2, 0.25) is 0 Å². The van der Waals surface area contributed by atoms with E-state index in [0.29, 0.717) is 0 Å². The molecule has 0 N–H and O–H groups in total. The molecule has 3 aromatic rings. The van der Waals surface area contributed by atoms with Gasteiger partial charge in [0.2, 0.25) is 0 Å². The minimum Gasteiger partial charge on any atom is -0.0623 e. The van der Waals surface area contributed by atoms with Crippen molar-refractivity contribution in [2.75, 3.05) is 0 Å². The molecule has 22 heavy (non-hydrogen) atoms. The van der Waals surface area contributed by atoms with E-state index in [1.807, 2.05) is 36.4 Å². The highest BCUT2D eigenvalue weighted by atomic mass is 13.9. The maximum Gasteiger partial charge on any atom is -0.0398 e. The molecule has 0 atom stereocenters. The van der Waals surface area contributed by atoms with Gasteiger partial charge in [0.05, 0.1) is 0 Å². The van der Waals surface area contributed by atoms with Gasteiger partial charge in [-0.05, 0) is 27.7 Å². The lowest BCUT2D eigenvalue weighted by atomic mass is 10.2. The van der Waals surface area contributed by atoms with Gasteiger partial charge in [0.1, 0.15) is 0 Å². The van der Waals surface area contributed by atoms with Crippen molar-refractivity contribution in [2.24, 2.45) is 0 Å². The van der Waals surface area contributed by atoms with Gasteiger partial charge in [-0.2, -0.15) is 0 Å². The highest BCUT2D eigenvalue weighted by Crippen LogP contribution is 2.00. The SMILES string of the molecule is Cc1ccc(C)cc1.Cc1cccc(C)c1.c1ccccc1. The zero-order valence-corrected chi connectivity index (χ0v) is 14.1. The molecule has 3 rings (SSSR count). The van der Waals surface area contributed by atoms with E-state index in [2.05, 4.69) is 76.2 Å². The molecule has 0 fully saturated rings. The third kappa shape index (κ3) is 8.76. The lowest BCUT2D eigenvalue weighted by molar-refractivity contribution is 1.39. The summed E-state index contributed by atoms with van der Waals surface area (Å²) in [5.74, 6) is 0. The van der Waals surface area contributed by atoms with Crippen LogP contribution in [0, 0.1) is 27.7 Å². The van der Waals surface area contributed by atoms with Gasteiger partial charge < -0.3 is 0 Å². The number of hydrogen-bond acceptors (Lipinski definition) is 0. The number of aryl methyl sites for hydroxylation is 4. The van der Waals surface area contributed by atoms with Crippen LogP contribution in [0.3, 0.4) is 0 Å². The second-order valence-corrected chi connectivity index (χ2v) is 5.47. The summed E-state index contributed by atoms with van der Waals surface area (Å²) in [6, 6.07) is 28.9. The molecular formula is C22H26. The van der Waals surface area contributed by atoms with Crippen LogP contribution in [-0.4, -0.2) is 0 Å². The fraction of sp³-hybridized carbons (Fsp3) is 0.182. The first-order valence-corrected chi connectivity index (χ1v) is 7.64. The molecule has 0 amide bonds. The van der Waals surface area contributed by atoms with Gasteiger partial charge in [-0.3, -0.25) is 0 Å². The lowest BCUT2D eigenvalue weighted by Gasteiger charge is -1.90. The van der Waals surface area contributed by atoms with Crippen LogP contribution < -0.4 is 0 Å². The number of rotatable bonds is 0. The van der Waals surface area contributed by atoms with Crippen LogP contribution in [0.25, 0.3) is 0 Å². The van der Waals surface area contributed by atoms with E-state index in [9.17, 15) is 0 Å². The molecule has 0 saturated carbocycles. The second kappa shape index (κ2) is 10.4. The van der Waals surface area contributed by atoms with Gasteiger partial charge in [-0.15, -0.1) is 0 Å². The van der Waals surface area contributed by atoms with Gasteiger partial charge in [0.25, 0.3) is 0 Å². The van der Waals surface area contributed by atoms with Gasteiger partial charge >= 0.3 is 0 Å². The third-order valence-electron chi connectivity index (χ3n) is 3.06. The normalized spacial score (nSPS) is 8.91. The molecule has 0 spiro atoms. The Morgan fingerprint density at radius 1 is 0.364 bits per heavy atom. The summed E-state index contributed by atoms with van der Waals surface area (Å²) in [4.78, 5) is 0. The summed E-state index contributed by atoms with van der Waals surface area (Å²) in [6.07, 6.45) is 0. The Balaban J connectivity index is 0.000000167. The molecule has 0 bridgehead atoms. The lowest BCUT2D eigenvalue weighted by Crippen LogP contribution is -1.71. The summed E-state index contributed by atoms with van der Waals surface area (Å²) >= 11 is 0. The van der Waals surface area contributed by atoms with E-state index < -0.39 is 0 Å². The molecule has 0 aromatic heterocycles. The second-order valence-electron chi connectivity index (χ2n) is 5.47. The highest BCUT2D eigenvalue weighted by Gasteiger charge is 1.81.